The first-order chi connectivity index (χ1) is 9.90. The molecule has 2 aromatic rings. The van der Waals surface area contributed by atoms with Crippen molar-refractivity contribution in [3.05, 3.63) is 66.6 Å². The Balaban J connectivity index is 2.36. The highest BCUT2D eigenvalue weighted by Gasteiger charge is 2.18. The van der Waals surface area contributed by atoms with E-state index in [4.69, 9.17) is 0 Å². The number of nitro groups is 1. The van der Waals surface area contributed by atoms with Gasteiger partial charge in [-0.2, -0.15) is 0 Å². The zero-order valence-electron chi connectivity index (χ0n) is 10.9. The lowest BCUT2D eigenvalue weighted by Gasteiger charge is -2.09. The van der Waals surface area contributed by atoms with Gasteiger partial charge in [-0.25, -0.2) is 0 Å². The van der Waals surface area contributed by atoms with E-state index in [1.54, 1.807) is 18.2 Å². The number of hydrogen-bond donors (Lipinski definition) is 1. The second-order valence-corrected chi connectivity index (χ2v) is 6.02. The Hall–Kier alpha value is -1.73. The lowest BCUT2D eigenvalue weighted by molar-refractivity contribution is -0.384. The third-order valence-electron chi connectivity index (χ3n) is 2.84. The van der Waals surface area contributed by atoms with Gasteiger partial charge in [0.25, 0.3) is 11.6 Å². The van der Waals surface area contributed by atoms with Crippen LogP contribution in [0.25, 0.3) is 0 Å². The van der Waals surface area contributed by atoms with Crippen LogP contribution in [0.15, 0.2) is 45.3 Å². The molecule has 7 heteroatoms. The second-order valence-electron chi connectivity index (χ2n) is 4.31. The van der Waals surface area contributed by atoms with Crippen LogP contribution in [0, 0.1) is 17.0 Å². The molecule has 0 atom stereocenters. The molecule has 0 aromatic heterocycles. The van der Waals surface area contributed by atoms with Gasteiger partial charge in [-0.3, -0.25) is 14.9 Å². The molecule has 1 N–H and O–H groups in total. The van der Waals surface area contributed by atoms with Crippen molar-refractivity contribution in [3.8, 4) is 0 Å². The molecule has 0 spiro atoms. The molecule has 1 amide bonds. The van der Waals surface area contributed by atoms with Crippen molar-refractivity contribution in [2.24, 2.45) is 0 Å². The van der Waals surface area contributed by atoms with Gasteiger partial charge in [0.1, 0.15) is 5.69 Å². The molecular weight excluding hydrogens is 404 g/mol. The number of nitrogens with one attached hydrogen (secondary N) is 1. The standard InChI is InChI=1S/C14H10Br2N2O3/c1-8-3-2-4-10(13(8)16)14(19)17-11-6-5-9(15)7-12(11)18(20)21/h2-7H,1H3,(H,17,19). The van der Waals surface area contributed by atoms with Crippen molar-refractivity contribution >= 4 is 49.1 Å². The Kier molecular flexibility index (Phi) is 4.74. The van der Waals surface area contributed by atoms with Crippen molar-refractivity contribution < 1.29 is 9.72 Å². The van der Waals surface area contributed by atoms with Crippen molar-refractivity contribution in [2.45, 2.75) is 6.92 Å². The van der Waals surface area contributed by atoms with Gasteiger partial charge in [0, 0.05) is 15.0 Å². The number of halogens is 2. The van der Waals surface area contributed by atoms with Gasteiger partial charge in [0.15, 0.2) is 0 Å². The lowest BCUT2D eigenvalue weighted by atomic mass is 10.1. The third-order valence-corrected chi connectivity index (χ3v) is 4.39. The van der Waals surface area contributed by atoms with Crippen LogP contribution in [0.1, 0.15) is 15.9 Å². The van der Waals surface area contributed by atoms with Crippen molar-refractivity contribution in [3.63, 3.8) is 0 Å². The highest BCUT2D eigenvalue weighted by molar-refractivity contribution is 9.10. The van der Waals surface area contributed by atoms with E-state index in [1.807, 2.05) is 13.0 Å². The zero-order valence-corrected chi connectivity index (χ0v) is 14.1. The first-order valence-electron chi connectivity index (χ1n) is 5.90. The average molecular weight is 414 g/mol. The molecule has 0 radical (unpaired) electrons. The molecule has 108 valence electrons. The molecule has 0 fully saturated rings. The van der Waals surface area contributed by atoms with Crippen molar-refractivity contribution in [2.75, 3.05) is 5.32 Å². The smallest absolute Gasteiger partial charge is 0.293 e. The van der Waals surface area contributed by atoms with Gasteiger partial charge in [0.05, 0.1) is 10.5 Å². The number of carbonyl (C=O) groups excluding carboxylic acids is 1. The maximum absolute atomic E-state index is 12.3. The van der Waals surface area contributed by atoms with Crippen LogP contribution in [0.4, 0.5) is 11.4 Å². The first kappa shape index (κ1) is 15.7. The van der Waals surface area contributed by atoms with Crippen LogP contribution in [0.2, 0.25) is 0 Å². The number of nitro benzene ring substituents is 1. The summed E-state index contributed by atoms with van der Waals surface area (Å²) in [6, 6.07) is 9.74. The summed E-state index contributed by atoms with van der Waals surface area (Å²) < 4.78 is 1.24. The summed E-state index contributed by atoms with van der Waals surface area (Å²) in [7, 11) is 0. The minimum absolute atomic E-state index is 0.154. The molecule has 0 bridgehead atoms. The van der Waals surface area contributed by atoms with Crippen molar-refractivity contribution in [1.82, 2.24) is 0 Å². The average Bonchev–Trinajstić information content (AvgIpc) is 2.43. The second kappa shape index (κ2) is 6.36. The summed E-state index contributed by atoms with van der Waals surface area (Å²) in [6.07, 6.45) is 0. The summed E-state index contributed by atoms with van der Waals surface area (Å²) in [5.74, 6) is -0.406. The van der Waals surface area contributed by atoms with Gasteiger partial charge >= 0.3 is 0 Å². The summed E-state index contributed by atoms with van der Waals surface area (Å²) in [4.78, 5) is 22.8. The highest BCUT2D eigenvalue weighted by Crippen LogP contribution is 2.29. The molecule has 21 heavy (non-hydrogen) atoms. The fourth-order valence-electron chi connectivity index (χ4n) is 1.77. The van der Waals surface area contributed by atoms with E-state index in [0.717, 1.165) is 5.56 Å². The Morgan fingerprint density at radius 1 is 1.24 bits per heavy atom. The molecule has 0 heterocycles. The molecule has 0 aliphatic rings. The van der Waals surface area contributed by atoms with Crippen LogP contribution in [-0.4, -0.2) is 10.8 Å². The normalized spacial score (nSPS) is 10.2. The van der Waals surface area contributed by atoms with E-state index in [0.29, 0.717) is 14.5 Å². The highest BCUT2D eigenvalue weighted by atomic mass is 79.9. The predicted molar refractivity (Wildman–Crippen MR) is 87.6 cm³/mol. The van der Waals surface area contributed by atoms with Gasteiger partial charge in [0.2, 0.25) is 0 Å². The fraction of sp³-hybridized carbons (Fsp3) is 0.0714. The number of anilines is 1. The maximum atomic E-state index is 12.3. The number of amides is 1. The number of hydrogen-bond acceptors (Lipinski definition) is 3. The van der Waals surface area contributed by atoms with E-state index in [9.17, 15) is 14.9 Å². The number of aryl methyl sites for hydroxylation is 1. The van der Waals surface area contributed by atoms with Gasteiger partial charge in [-0.15, -0.1) is 0 Å². The van der Waals surface area contributed by atoms with Crippen LogP contribution in [-0.2, 0) is 0 Å². The minimum atomic E-state index is -0.536. The van der Waals surface area contributed by atoms with E-state index < -0.39 is 10.8 Å². The summed E-state index contributed by atoms with van der Waals surface area (Å²) in [6.45, 7) is 1.86. The third kappa shape index (κ3) is 3.48. The first-order valence-corrected chi connectivity index (χ1v) is 7.49. The molecule has 0 saturated carbocycles. The molecule has 5 nitrogen and oxygen atoms in total. The minimum Gasteiger partial charge on any atom is -0.316 e. The Morgan fingerprint density at radius 2 is 1.95 bits per heavy atom. The fourth-order valence-corrected chi connectivity index (χ4v) is 2.57. The van der Waals surface area contributed by atoms with E-state index >= 15 is 0 Å². The number of rotatable bonds is 3. The van der Waals surface area contributed by atoms with Crippen LogP contribution in [0.3, 0.4) is 0 Å². The van der Waals surface area contributed by atoms with E-state index in [1.165, 1.54) is 12.1 Å². The van der Waals surface area contributed by atoms with Crippen molar-refractivity contribution in [1.29, 1.82) is 0 Å². The Morgan fingerprint density at radius 3 is 2.62 bits per heavy atom. The Labute approximate surface area is 137 Å². The molecule has 0 saturated heterocycles. The summed E-state index contributed by atoms with van der Waals surface area (Å²) in [5.41, 5.74) is 1.32. The van der Waals surface area contributed by atoms with Crippen LogP contribution >= 0.6 is 31.9 Å². The van der Waals surface area contributed by atoms with Crippen LogP contribution in [0.5, 0.6) is 0 Å². The largest absolute Gasteiger partial charge is 0.316 e. The quantitative estimate of drug-likeness (QED) is 0.586. The number of carbonyl (C=O) groups is 1. The zero-order chi connectivity index (χ0) is 15.6. The molecule has 2 aromatic carbocycles. The summed E-state index contributed by atoms with van der Waals surface area (Å²) >= 11 is 6.52. The number of benzene rings is 2. The van der Waals surface area contributed by atoms with E-state index in [2.05, 4.69) is 37.2 Å². The SMILES string of the molecule is Cc1cccc(C(=O)Nc2ccc(Br)cc2[N+](=O)[O-])c1Br. The monoisotopic (exact) mass is 412 g/mol. The maximum Gasteiger partial charge on any atom is 0.293 e. The lowest BCUT2D eigenvalue weighted by Crippen LogP contribution is -2.14. The molecule has 0 aliphatic heterocycles. The molecule has 2 rings (SSSR count). The van der Waals surface area contributed by atoms with Gasteiger partial charge in [-0.1, -0.05) is 28.1 Å². The topological polar surface area (TPSA) is 72.2 Å². The molecule has 0 aliphatic carbocycles. The van der Waals surface area contributed by atoms with Gasteiger partial charge < -0.3 is 5.32 Å². The Bertz CT molecular complexity index is 732. The summed E-state index contributed by atoms with van der Waals surface area (Å²) in [5, 5.41) is 13.6. The number of nitrogens with zero attached hydrogens (tertiary/aromatic N) is 1. The molecular formula is C14H10Br2N2O3. The molecule has 0 unspecified atom stereocenters. The van der Waals surface area contributed by atoms with E-state index in [-0.39, 0.29) is 11.4 Å². The van der Waals surface area contributed by atoms with Gasteiger partial charge in [-0.05, 0) is 46.6 Å². The van der Waals surface area contributed by atoms with Crippen LogP contribution < -0.4 is 5.32 Å². The predicted octanol–water partition coefficient (Wildman–Crippen LogP) is 4.68.